The molecule has 0 aliphatic heterocycles. The van der Waals surface area contributed by atoms with E-state index >= 15 is 0 Å². The lowest BCUT2D eigenvalue weighted by atomic mass is 10.1. The van der Waals surface area contributed by atoms with Gasteiger partial charge in [0.15, 0.2) is 0 Å². The number of urea groups is 1. The van der Waals surface area contributed by atoms with E-state index in [1.807, 2.05) is 44.4 Å². The molecule has 0 aliphatic carbocycles. The van der Waals surface area contributed by atoms with Gasteiger partial charge in [-0.05, 0) is 29.5 Å². The summed E-state index contributed by atoms with van der Waals surface area (Å²) in [4.78, 5) is 13.8. The number of nitrogens with one attached hydrogen (secondary N) is 1. The normalized spacial score (nSPS) is 10.3. The van der Waals surface area contributed by atoms with Gasteiger partial charge in [0.25, 0.3) is 0 Å². The van der Waals surface area contributed by atoms with Gasteiger partial charge >= 0.3 is 6.03 Å². The number of fused-ring (bicyclic) bond motifs is 1. The maximum Gasteiger partial charge on any atom is 0.322 e. The van der Waals surface area contributed by atoms with Crippen LogP contribution < -0.4 is 15.4 Å². The third kappa shape index (κ3) is 2.51. The molecule has 2 aromatic rings. The van der Waals surface area contributed by atoms with Crippen LogP contribution in [0.15, 0.2) is 41.3 Å². The summed E-state index contributed by atoms with van der Waals surface area (Å²) in [5.41, 5.74) is 6.23. The van der Waals surface area contributed by atoms with Crippen molar-refractivity contribution in [1.29, 1.82) is 0 Å². The van der Waals surface area contributed by atoms with Gasteiger partial charge in [-0.3, -0.25) is 4.72 Å². The van der Waals surface area contributed by atoms with Crippen LogP contribution in [0.25, 0.3) is 10.8 Å². The first-order valence-corrected chi connectivity index (χ1v) is 6.32. The average molecular weight is 261 g/mol. The molecule has 4 nitrogen and oxygen atoms in total. The molecule has 0 fully saturated rings. The summed E-state index contributed by atoms with van der Waals surface area (Å²) < 4.78 is 2.54. The van der Waals surface area contributed by atoms with Gasteiger partial charge in [0.05, 0.1) is 0 Å². The topological polar surface area (TPSA) is 58.4 Å². The Morgan fingerprint density at radius 1 is 1.17 bits per heavy atom. The van der Waals surface area contributed by atoms with Crippen LogP contribution in [0.2, 0.25) is 0 Å². The van der Waals surface area contributed by atoms with Crippen LogP contribution in [-0.4, -0.2) is 20.1 Å². The molecule has 0 bridgehead atoms. The molecule has 2 aromatic carbocycles. The van der Waals surface area contributed by atoms with Gasteiger partial charge in [-0.25, -0.2) is 4.79 Å². The number of rotatable bonds is 3. The predicted octanol–water partition coefficient (Wildman–Crippen LogP) is 2.58. The van der Waals surface area contributed by atoms with E-state index in [2.05, 4.69) is 15.7 Å². The van der Waals surface area contributed by atoms with Crippen LogP contribution in [-0.2, 0) is 0 Å². The Bertz CT molecular complexity index is 583. The van der Waals surface area contributed by atoms with Crippen LogP contribution in [0.4, 0.5) is 10.5 Å². The number of nitrogens with zero attached hydrogens (tertiary/aromatic N) is 1. The molecule has 18 heavy (non-hydrogen) atoms. The summed E-state index contributed by atoms with van der Waals surface area (Å²) in [7, 11) is 4.02. The highest BCUT2D eigenvalue weighted by molar-refractivity contribution is 7.98. The maximum absolute atomic E-state index is 10.8. The second-order valence-corrected chi connectivity index (χ2v) is 4.94. The van der Waals surface area contributed by atoms with Gasteiger partial charge in [-0.15, -0.1) is 0 Å². The molecule has 0 aromatic heterocycles. The molecule has 0 aliphatic rings. The molecule has 0 heterocycles. The minimum Gasteiger partial charge on any atom is -0.377 e. The van der Waals surface area contributed by atoms with Gasteiger partial charge in [0.1, 0.15) is 0 Å². The molecule has 0 saturated heterocycles. The van der Waals surface area contributed by atoms with E-state index in [4.69, 9.17) is 5.73 Å². The first-order chi connectivity index (χ1) is 8.59. The van der Waals surface area contributed by atoms with Crippen LogP contribution in [0.3, 0.4) is 0 Å². The second-order valence-electron chi connectivity index (χ2n) is 4.09. The minimum absolute atomic E-state index is 0.541. The quantitative estimate of drug-likeness (QED) is 0.835. The van der Waals surface area contributed by atoms with Crippen LogP contribution in [0, 0.1) is 0 Å². The second kappa shape index (κ2) is 5.18. The molecule has 3 N–H and O–H groups in total. The number of amides is 2. The monoisotopic (exact) mass is 261 g/mol. The van der Waals surface area contributed by atoms with E-state index in [1.54, 1.807) is 0 Å². The van der Waals surface area contributed by atoms with Gasteiger partial charge in [-0.2, -0.15) is 0 Å². The SMILES string of the molecule is CN(C)c1ccc(SNC(N)=O)c2ccccc12. The predicted molar refractivity (Wildman–Crippen MR) is 76.9 cm³/mol. The van der Waals surface area contributed by atoms with E-state index in [9.17, 15) is 4.79 Å². The molecule has 2 rings (SSSR count). The molecule has 0 radical (unpaired) electrons. The molecular formula is C13H15N3OS. The summed E-state index contributed by atoms with van der Waals surface area (Å²) in [6.45, 7) is 0. The Morgan fingerprint density at radius 2 is 1.83 bits per heavy atom. The standard InChI is InChI=1S/C13H15N3OS/c1-16(2)11-7-8-12(18-15-13(14)17)10-6-4-3-5-9(10)11/h3-8H,1-2H3,(H3,14,15,17). The number of nitrogens with two attached hydrogens (primary N) is 1. The zero-order valence-corrected chi connectivity index (χ0v) is 11.1. The number of benzene rings is 2. The fraction of sp³-hybridized carbons (Fsp3) is 0.154. The van der Waals surface area contributed by atoms with Crippen molar-refractivity contribution in [3.63, 3.8) is 0 Å². The molecule has 94 valence electrons. The summed E-state index contributed by atoms with van der Waals surface area (Å²) in [5.74, 6) is 0. The Kier molecular flexibility index (Phi) is 3.62. The summed E-state index contributed by atoms with van der Waals surface area (Å²) in [6.07, 6.45) is 0. The van der Waals surface area contributed by atoms with Crippen molar-refractivity contribution in [3.8, 4) is 0 Å². The Labute approximate surface area is 110 Å². The summed E-state index contributed by atoms with van der Waals surface area (Å²) >= 11 is 1.24. The average Bonchev–Trinajstić information content (AvgIpc) is 2.35. The van der Waals surface area contributed by atoms with Crippen molar-refractivity contribution in [2.45, 2.75) is 4.90 Å². The van der Waals surface area contributed by atoms with Crippen molar-refractivity contribution in [1.82, 2.24) is 4.72 Å². The number of carbonyl (C=O) groups excluding carboxylic acids is 1. The molecule has 2 amide bonds. The molecule has 5 heteroatoms. The minimum atomic E-state index is -0.541. The lowest BCUT2D eigenvalue weighted by Crippen LogP contribution is -2.22. The number of primary amides is 1. The lowest BCUT2D eigenvalue weighted by molar-refractivity contribution is 0.254. The highest BCUT2D eigenvalue weighted by Gasteiger charge is 2.08. The van der Waals surface area contributed by atoms with Crippen molar-refractivity contribution < 1.29 is 4.79 Å². The van der Waals surface area contributed by atoms with Crippen molar-refractivity contribution in [2.24, 2.45) is 5.73 Å². The highest BCUT2D eigenvalue weighted by atomic mass is 32.2. The Morgan fingerprint density at radius 3 is 2.44 bits per heavy atom. The van der Waals surface area contributed by atoms with E-state index < -0.39 is 6.03 Å². The Balaban J connectivity index is 2.50. The number of carbonyl (C=O) groups is 1. The third-order valence-electron chi connectivity index (χ3n) is 2.60. The largest absolute Gasteiger partial charge is 0.377 e. The summed E-state index contributed by atoms with van der Waals surface area (Å²) in [6, 6.07) is 11.6. The molecule has 0 saturated carbocycles. The van der Waals surface area contributed by atoms with Crippen molar-refractivity contribution >= 4 is 34.4 Å². The zero-order valence-electron chi connectivity index (χ0n) is 10.3. The number of hydrogen-bond donors (Lipinski definition) is 2. The van der Waals surface area contributed by atoms with Crippen molar-refractivity contribution in [2.75, 3.05) is 19.0 Å². The first-order valence-electron chi connectivity index (χ1n) is 5.51. The van der Waals surface area contributed by atoms with E-state index in [-0.39, 0.29) is 0 Å². The maximum atomic E-state index is 10.8. The number of hydrogen-bond acceptors (Lipinski definition) is 3. The summed E-state index contributed by atoms with van der Waals surface area (Å²) in [5, 5.41) is 2.25. The van der Waals surface area contributed by atoms with Crippen LogP contribution >= 0.6 is 11.9 Å². The van der Waals surface area contributed by atoms with Crippen LogP contribution in [0.1, 0.15) is 0 Å². The molecule has 0 unspecified atom stereocenters. The van der Waals surface area contributed by atoms with Gasteiger partial charge in [0, 0.05) is 30.1 Å². The van der Waals surface area contributed by atoms with Gasteiger partial charge < -0.3 is 10.6 Å². The molecule has 0 spiro atoms. The fourth-order valence-corrected chi connectivity index (χ4v) is 2.47. The number of anilines is 1. The Hall–Kier alpha value is -1.88. The van der Waals surface area contributed by atoms with Crippen molar-refractivity contribution in [3.05, 3.63) is 36.4 Å². The molecule has 0 atom stereocenters. The van der Waals surface area contributed by atoms with E-state index in [0.29, 0.717) is 0 Å². The lowest BCUT2D eigenvalue weighted by Gasteiger charge is -2.17. The highest BCUT2D eigenvalue weighted by Crippen LogP contribution is 2.32. The third-order valence-corrected chi connectivity index (χ3v) is 3.48. The smallest absolute Gasteiger partial charge is 0.322 e. The molecular weight excluding hydrogens is 246 g/mol. The zero-order chi connectivity index (χ0) is 13.1. The van der Waals surface area contributed by atoms with Gasteiger partial charge in [0.2, 0.25) is 0 Å². The first kappa shape index (κ1) is 12.6. The van der Waals surface area contributed by atoms with E-state index in [1.165, 1.54) is 11.9 Å². The van der Waals surface area contributed by atoms with Gasteiger partial charge in [-0.1, -0.05) is 24.3 Å². The fourth-order valence-electron chi connectivity index (χ4n) is 1.84. The van der Waals surface area contributed by atoms with Crippen LogP contribution in [0.5, 0.6) is 0 Å². The van der Waals surface area contributed by atoms with E-state index in [0.717, 1.165) is 21.4 Å².